The van der Waals surface area contributed by atoms with E-state index in [2.05, 4.69) is 13.8 Å². The number of ether oxygens (including phenoxy) is 1. The van der Waals surface area contributed by atoms with E-state index in [1.165, 1.54) is 64.2 Å². The maximum Gasteiger partial charge on any atom is 0.341 e. The van der Waals surface area contributed by atoms with Gasteiger partial charge in [0, 0.05) is 10.2 Å². The minimum atomic E-state index is -1.02. The molecular weight excluding hydrogens is 570 g/mol. The van der Waals surface area contributed by atoms with Gasteiger partial charge in [0.1, 0.15) is 7.85 Å². The second-order valence-electron chi connectivity index (χ2n) is 13.1. The van der Waals surface area contributed by atoms with Crippen molar-refractivity contribution < 1.29 is 19.3 Å². The molecule has 3 rings (SSSR count). The Morgan fingerprint density at radius 1 is 0.814 bits per heavy atom. The molecule has 2 heterocycles. The van der Waals surface area contributed by atoms with Gasteiger partial charge < -0.3 is 14.5 Å². The van der Waals surface area contributed by atoms with Gasteiger partial charge in [0.05, 0.1) is 32.8 Å². The van der Waals surface area contributed by atoms with Crippen LogP contribution >= 0.6 is 22.7 Å². The molecule has 8 heteroatoms. The number of hydrogen-bond acceptors (Lipinski definition) is 6. The van der Waals surface area contributed by atoms with Gasteiger partial charge in [-0.15, -0.1) is 11.3 Å². The van der Waals surface area contributed by atoms with E-state index in [-0.39, 0.29) is 5.97 Å². The highest BCUT2D eigenvalue weighted by Gasteiger charge is 2.36. The number of aliphatic hydroxyl groups is 1. The fraction of sp³-hybridized carbons (Fsp3) is 0.686. The van der Waals surface area contributed by atoms with E-state index in [0.29, 0.717) is 12.2 Å². The Hall–Kier alpha value is -1.34. The molecule has 0 fully saturated rings. The van der Waals surface area contributed by atoms with Crippen molar-refractivity contribution in [2.45, 2.75) is 149 Å². The number of carbonyl (C=O) groups excluding carboxylic acids is 1. The molecule has 1 aromatic carbocycles. The minimum absolute atomic E-state index is 0.236. The van der Waals surface area contributed by atoms with Crippen LogP contribution in [0.4, 0.5) is 0 Å². The number of esters is 1. The van der Waals surface area contributed by atoms with Gasteiger partial charge in [0.2, 0.25) is 0 Å². The van der Waals surface area contributed by atoms with Crippen molar-refractivity contribution in [3.05, 3.63) is 23.3 Å². The summed E-state index contributed by atoms with van der Waals surface area (Å²) in [5.41, 5.74) is -0.0684. The highest BCUT2D eigenvalue weighted by molar-refractivity contribution is 7.34. The molecule has 0 spiro atoms. The summed E-state index contributed by atoms with van der Waals surface area (Å²) in [5, 5.41) is 12.6. The molecular formula is C35H53B2O4S2. The van der Waals surface area contributed by atoms with Crippen molar-refractivity contribution in [3.8, 4) is 0 Å². The first kappa shape index (κ1) is 36.1. The van der Waals surface area contributed by atoms with E-state index in [4.69, 9.17) is 17.2 Å². The predicted molar refractivity (Wildman–Crippen MR) is 189 cm³/mol. The Kier molecular flexibility index (Phi) is 14.6. The van der Waals surface area contributed by atoms with Gasteiger partial charge in [-0.3, -0.25) is 0 Å². The second-order valence-corrected chi connectivity index (χ2v) is 15.2. The molecule has 0 saturated heterocycles. The lowest BCUT2D eigenvalue weighted by Crippen LogP contribution is -2.49. The highest BCUT2D eigenvalue weighted by atomic mass is 32.1. The molecule has 0 unspecified atom stereocenters. The Morgan fingerprint density at radius 3 is 1.98 bits per heavy atom. The predicted octanol–water partition coefficient (Wildman–Crippen LogP) is 8.92. The van der Waals surface area contributed by atoms with E-state index < -0.39 is 11.2 Å². The van der Waals surface area contributed by atoms with Crippen LogP contribution in [0, 0.1) is 0 Å². The number of unbranched alkanes of at least 4 members (excludes halogenated alkanes) is 12. The summed E-state index contributed by atoms with van der Waals surface area (Å²) in [4.78, 5) is 13.8. The van der Waals surface area contributed by atoms with Crippen molar-refractivity contribution in [2.24, 2.45) is 0 Å². The summed E-state index contributed by atoms with van der Waals surface area (Å²) in [6.07, 6.45) is 17.8. The third kappa shape index (κ3) is 10.3. The third-order valence-corrected chi connectivity index (χ3v) is 11.0. The van der Waals surface area contributed by atoms with Crippen LogP contribution in [-0.2, 0) is 15.8 Å². The number of rotatable bonds is 21. The minimum Gasteiger partial charge on any atom is -0.462 e. The first-order chi connectivity index (χ1) is 20.5. The highest BCUT2D eigenvalue weighted by Crippen LogP contribution is 2.39. The zero-order chi connectivity index (χ0) is 31.5. The Balaban J connectivity index is 1.79. The summed E-state index contributed by atoms with van der Waals surface area (Å²) in [5.74, 6) is -0.236. The first-order valence-corrected chi connectivity index (χ1v) is 18.3. The monoisotopic (exact) mass is 623 g/mol. The van der Waals surface area contributed by atoms with Crippen LogP contribution in [0.15, 0.2) is 12.1 Å². The van der Waals surface area contributed by atoms with E-state index in [9.17, 15) is 9.90 Å². The lowest BCUT2D eigenvalue weighted by molar-refractivity contribution is -0.0892. The van der Waals surface area contributed by atoms with Crippen molar-refractivity contribution in [3.63, 3.8) is 0 Å². The normalized spacial score (nSPS) is 12.4. The van der Waals surface area contributed by atoms with Crippen molar-refractivity contribution in [2.75, 3.05) is 6.61 Å². The van der Waals surface area contributed by atoms with Crippen molar-refractivity contribution in [1.82, 2.24) is 0 Å². The lowest BCUT2D eigenvalue weighted by Gasteiger charge is -2.37. The van der Waals surface area contributed by atoms with Gasteiger partial charge >= 0.3 is 13.5 Å². The summed E-state index contributed by atoms with van der Waals surface area (Å²) < 4.78 is 15.9. The van der Waals surface area contributed by atoms with Crippen LogP contribution in [0.5, 0.6) is 0 Å². The van der Waals surface area contributed by atoms with E-state index in [1.807, 2.05) is 26.0 Å². The van der Waals surface area contributed by atoms with Crippen molar-refractivity contribution in [1.29, 1.82) is 0 Å². The fourth-order valence-electron chi connectivity index (χ4n) is 5.32. The van der Waals surface area contributed by atoms with Gasteiger partial charge in [0.15, 0.2) is 0 Å². The molecule has 0 aliphatic rings. The maximum absolute atomic E-state index is 13.8. The smallest absolute Gasteiger partial charge is 0.341 e. The van der Waals surface area contributed by atoms with Gasteiger partial charge in [-0.1, -0.05) is 97.0 Å². The Labute approximate surface area is 271 Å². The van der Waals surface area contributed by atoms with Crippen LogP contribution in [0.1, 0.15) is 147 Å². The third-order valence-electron chi connectivity index (χ3n) is 8.76. The molecule has 0 amide bonds. The van der Waals surface area contributed by atoms with Gasteiger partial charge in [-0.2, -0.15) is 11.3 Å². The van der Waals surface area contributed by atoms with Crippen LogP contribution in [-0.4, -0.2) is 44.2 Å². The molecule has 43 heavy (non-hydrogen) atoms. The summed E-state index contributed by atoms with van der Waals surface area (Å²) in [6, 6.07) is 4.08. The van der Waals surface area contributed by atoms with E-state index in [1.54, 1.807) is 44.0 Å². The molecule has 4 nitrogen and oxygen atoms in total. The average molecular weight is 624 g/mol. The van der Waals surface area contributed by atoms with Gasteiger partial charge in [-0.05, 0) is 68.7 Å². The summed E-state index contributed by atoms with van der Waals surface area (Å²) >= 11 is 3.17. The molecule has 0 bridgehead atoms. The van der Waals surface area contributed by atoms with Gasteiger partial charge in [-0.25, -0.2) is 4.79 Å². The molecule has 0 atom stereocenters. The lowest BCUT2D eigenvalue weighted by atomic mass is 9.85. The van der Waals surface area contributed by atoms with Crippen LogP contribution in [0.2, 0.25) is 0 Å². The molecule has 3 radical (unpaired) electrons. The molecule has 1 N–H and O–H groups in total. The van der Waals surface area contributed by atoms with Gasteiger partial charge in [0.25, 0.3) is 0 Å². The number of thiophene rings is 2. The zero-order valence-corrected chi connectivity index (χ0v) is 29.2. The van der Waals surface area contributed by atoms with Crippen LogP contribution in [0.25, 0.3) is 20.2 Å². The quantitative estimate of drug-likeness (QED) is 0.0732. The molecule has 3 aromatic rings. The molecule has 0 aliphatic carbocycles. The largest absolute Gasteiger partial charge is 0.462 e. The summed E-state index contributed by atoms with van der Waals surface area (Å²) in [6.45, 7) is 12.2. The molecule has 0 aliphatic heterocycles. The average Bonchev–Trinajstić information content (AvgIpc) is 3.55. The van der Waals surface area contributed by atoms with Crippen LogP contribution < -0.4 is 9.55 Å². The topological polar surface area (TPSA) is 55.8 Å². The maximum atomic E-state index is 13.8. The van der Waals surface area contributed by atoms with E-state index in [0.717, 1.165) is 67.4 Å². The molecule has 2 aromatic heterocycles. The van der Waals surface area contributed by atoms with Crippen LogP contribution in [0.3, 0.4) is 0 Å². The number of benzene rings is 1. The zero-order valence-electron chi connectivity index (χ0n) is 27.6. The molecule has 0 saturated carbocycles. The fourth-order valence-corrected chi connectivity index (χ4v) is 7.46. The van der Waals surface area contributed by atoms with E-state index >= 15 is 0 Å². The number of fused-ring (bicyclic) bond motifs is 3. The first-order valence-electron chi connectivity index (χ1n) is 16.7. The second kappa shape index (κ2) is 17.4. The number of aryl methyl sites for hydroxylation is 1. The molecule has 235 valence electrons. The van der Waals surface area contributed by atoms with Crippen molar-refractivity contribution >= 4 is 73.7 Å². The number of carbonyl (C=O) groups is 1. The Morgan fingerprint density at radius 2 is 1.37 bits per heavy atom. The number of hydrogen-bond donors (Lipinski definition) is 1. The SMILES string of the molecule is [B]c1cc2c(CCCCCC)c(C(=O)OCCCCCCCCCCCC)c3cc([B]OC(C)(C)C(C)(C)O)sc3c2s1. The summed E-state index contributed by atoms with van der Waals surface area (Å²) in [7, 11) is 8.06. The standard InChI is InChI=1S/C35H53B2O4S2/c1-7-9-11-13-14-15-16-17-18-20-22-40-33(38)30-25(21-19-12-10-8-2)26-23-28(36)42-31(26)32-27(30)24-29(43-32)37-41-35(5,6)34(3,4)39/h23-24,39H,7-22H2,1-6H3. The Bertz CT molecular complexity index is 1290.